The molecular formula is C24H13ClO2. The lowest BCUT2D eigenvalue weighted by Gasteiger charge is -2.05. The minimum absolute atomic E-state index is 0.672. The molecule has 0 saturated heterocycles. The summed E-state index contributed by atoms with van der Waals surface area (Å²) in [6.07, 6.45) is 0. The molecule has 2 nitrogen and oxygen atoms in total. The van der Waals surface area contributed by atoms with Crippen LogP contribution in [0.3, 0.4) is 0 Å². The van der Waals surface area contributed by atoms with Crippen molar-refractivity contribution in [1.29, 1.82) is 0 Å². The summed E-state index contributed by atoms with van der Waals surface area (Å²) in [6, 6.07) is 26.3. The fourth-order valence-electron chi connectivity index (χ4n) is 3.98. The molecule has 0 aliphatic carbocycles. The maximum atomic E-state index is 6.24. The molecule has 0 spiro atoms. The van der Waals surface area contributed by atoms with Gasteiger partial charge in [-0.1, -0.05) is 60.1 Å². The number of rotatable bonds is 1. The molecule has 0 saturated carbocycles. The van der Waals surface area contributed by atoms with Crippen molar-refractivity contribution in [1.82, 2.24) is 0 Å². The van der Waals surface area contributed by atoms with Crippen molar-refractivity contribution in [3.63, 3.8) is 0 Å². The van der Waals surface area contributed by atoms with E-state index in [9.17, 15) is 0 Å². The molecule has 0 aliphatic heterocycles. The number of furan rings is 2. The van der Waals surface area contributed by atoms with Gasteiger partial charge in [0.05, 0.1) is 0 Å². The lowest BCUT2D eigenvalue weighted by Crippen LogP contribution is -1.80. The Hall–Kier alpha value is -3.23. The first kappa shape index (κ1) is 14.9. The van der Waals surface area contributed by atoms with Gasteiger partial charge >= 0.3 is 0 Å². The smallest absolute Gasteiger partial charge is 0.143 e. The molecule has 0 radical (unpaired) electrons. The van der Waals surface area contributed by atoms with Crippen LogP contribution in [0.1, 0.15) is 0 Å². The molecule has 27 heavy (non-hydrogen) atoms. The van der Waals surface area contributed by atoms with Gasteiger partial charge < -0.3 is 8.83 Å². The highest BCUT2D eigenvalue weighted by molar-refractivity contribution is 6.31. The van der Waals surface area contributed by atoms with Crippen LogP contribution in [0.15, 0.2) is 87.7 Å². The summed E-state index contributed by atoms with van der Waals surface area (Å²) in [5, 5.41) is 5.05. The maximum absolute atomic E-state index is 6.24. The Morgan fingerprint density at radius 1 is 0.556 bits per heavy atom. The topological polar surface area (TPSA) is 26.3 Å². The van der Waals surface area contributed by atoms with E-state index >= 15 is 0 Å². The molecule has 3 heteroatoms. The minimum Gasteiger partial charge on any atom is -0.456 e. The summed E-state index contributed by atoms with van der Waals surface area (Å²) < 4.78 is 12.3. The highest BCUT2D eigenvalue weighted by Crippen LogP contribution is 2.41. The molecule has 2 aromatic heterocycles. The largest absolute Gasteiger partial charge is 0.456 e. The van der Waals surface area contributed by atoms with E-state index in [4.69, 9.17) is 20.4 Å². The number of hydrogen-bond donors (Lipinski definition) is 0. The average Bonchev–Trinajstić information content (AvgIpc) is 3.25. The Morgan fingerprint density at radius 2 is 1.33 bits per heavy atom. The molecule has 4 aromatic carbocycles. The summed E-state index contributed by atoms with van der Waals surface area (Å²) in [6.45, 7) is 0. The van der Waals surface area contributed by atoms with Crippen LogP contribution in [0.4, 0.5) is 0 Å². The third-order valence-corrected chi connectivity index (χ3v) is 5.39. The second-order valence-electron chi connectivity index (χ2n) is 6.70. The van der Waals surface area contributed by atoms with Crippen LogP contribution in [0, 0.1) is 0 Å². The Bertz CT molecular complexity index is 1490. The monoisotopic (exact) mass is 368 g/mol. The first-order valence-corrected chi connectivity index (χ1v) is 9.19. The lowest BCUT2D eigenvalue weighted by molar-refractivity contribution is 0.668. The Morgan fingerprint density at radius 3 is 2.30 bits per heavy atom. The van der Waals surface area contributed by atoms with E-state index in [1.807, 2.05) is 48.5 Å². The molecule has 0 bridgehead atoms. The van der Waals surface area contributed by atoms with Crippen LogP contribution in [-0.4, -0.2) is 0 Å². The number of halogens is 1. The number of benzene rings is 4. The molecule has 0 atom stereocenters. The van der Waals surface area contributed by atoms with Crippen LogP contribution in [-0.2, 0) is 0 Å². The zero-order valence-corrected chi connectivity index (χ0v) is 15.0. The van der Waals surface area contributed by atoms with Gasteiger partial charge in [0.15, 0.2) is 0 Å². The van der Waals surface area contributed by atoms with Crippen molar-refractivity contribution < 1.29 is 8.83 Å². The van der Waals surface area contributed by atoms with Gasteiger partial charge in [-0.25, -0.2) is 0 Å². The highest BCUT2D eigenvalue weighted by Gasteiger charge is 2.17. The van der Waals surface area contributed by atoms with Gasteiger partial charge in [-0.05, 0) is 29.8 Å². The Balaban J connectivity index is 1.77. The van der Waals surface area contributed by atoms with Crippen molar-refractivity contribution in [2.24, 2.45) is 0 Å². The van der Waals surface area contributed by atoms with E-state index in [0.29, 0.717) is 5.02 Å². The van der Waals surface area contributed by atoms with E-state index < -0.39 is 0 Å². The predicted molar refractivity (Wildman–Crippen MR) is 111 cm³/mol. The molecule has 0 amide bonds. The maximum Gasteiger partial charge on any atom is 0.143 e. The number of fused-ring (bicyclic) bond motifs is 6. The van der Waals surface area contributed by atoms with Crippen molar-refractivity contribution in [2.45, 2.75) is 0 Å². The van der Waals surface area contributed by atoms with Crippen LogP contribution in [0.5, 0.6) is 0 Å². The Labute approximate surface area is 159 Å². The lowest BCUT2D eigenvalue weighted by atomic mass is 9.97. The first-order valence-electron chi connectivity index (χ1n) is 8.81. The normalized spacial score (nSPS) is 11.9. The molecule has 0 unspecified atom stereocenters. The van der Waals surface area contributed by atoms with Crippen molar-refractivity contribution in [2.75, 3.05) is 0 Å². The molecule has 128 valence electrons. The molecule has 6 rings (SSSR count). The quantitative estimate of drug-likeness (QED) is 0.296. The number of para-hydroxylation sites is 2. The van der Waals surface area contributed by atoms with Crippen LogP contribution in [0.2, 0.25) is 5.02 Å². The van der Waals surface area contributed by atoms with E-state index in [0.717, 1.165) is 55.0 Å². The van der Waals surface area contributed by atoms with Gasteiger partial charge in [-0.15, -0.1) is 0 Å². The SMILES string of the molecule is Clc1ccc2c(c1)oc1c(-c3cccc4oc5ccccc5c34)cccc12. The second kappa shape index (κ2) is 5.38. The van der Waals surface area contributed by atoms with Crippen molar-refractivity contribution >= 4 is 55.5 Å². The third-order valence-electron chi connectivity index (χ3n) is 5.15. The van der Waals surface area contributed by atoms with Gasteiger partial charge in [0.2, 0.25) is 0 Å². The molecule has 0 aliphatic rings. The molecule has 0 N–H and O–H groups in total. The van der Waals surface area contributed by atoms with Crippen LogP contribution in [0.25, 0.3) is 55.0 Å². The standard InChI is InChI=1S/C24H13ClO2/c25-14-11-12-15-17-7-3-8-18(24(17)27-22(15)13-14)16-6-4-10-21-23(16)19-5-1-2-9-20(19)26-21/h1-13H. The van der Waals surface area contributed by atoms with Gasteiger partial charge in [0.25, 0.3) is 0 Å². The van der Waals surface area contributed by atoms with Crippen molar-refractivity contribution in [3.8, 4) is 11.1 Å². The second-order valence-corrected chi connectivity index (χ2v) is 7.14. The van der Waals surface area contributed by atoms with E-state index in [1.54, 1.807) is 0 Å². The fourth-order valence-corrected chi connectivity index (χ4v) is 4.15. The van der Waals surface area contributed by atoms with Crippen LogP contribution < -0.4 is 0 Å². The Kier molecular flexibility index (Phi) is 2.97. The van der Waals surface area contributed by atoms with E-state index in [-0.39, 0.29) is 0 Å². The van der Waals surface area contributed by atoms with Crippen molar-refractivity contribution in [3.05, 3.63) is 83.9 Å². The van der Waals surface area contributed by atoms with Gasteiger partial charge in [0, 0.05) is 38.2 Å². The zero-order chi connectivity index (χ0) is 18.0. The number of hydrogen-bond acceptors (Lipinski definition) is 2. The zero-order valence-electron chi connectivity index (χ0n) is 14.2. The van der Waals surface area contributed by atoms with Gasteiger partial charge in [-0.3, -0.25) is 0 Å². The van der Waals surface area contributed by atoms with E-state index in [1.165, 1.54) is 0 Å². The molecule has 2 heterocycles. The van der Waals surface area contributed by atoms with Crippen LogP contribution >= 0.6 is 11.6 Å². The fraction of sp³-hybridized carbons (Fsp3) is 0. The average molecular weight is 369 g/mol. The molecular weight excluding hydrogens is 356 g/mol. The summed E-state index contributed by atoms with van der Waals surface area (Å²) in [7, 11) is 0. The minimum atomic E-state index is 0.672. The summed E-state index contributed by atoms with van der Waals surface area (Å²) in [4.78, 5) is 0. The van der Waals surface area contributed by atoms with Gasteiger partial charge in [0.1, 0.15) is 22.3 Å². The first-order chi connectivity index (χ1) is 13.3. The van der Waals surface area contributed by atoms with Gasteiger partial charge in [-0.2, -0.15) is 0 Å². The third kappa shape index (κ3) is 2.08. The molecule has 6 aromatic rings. The summed E-state index contributed by atoms with van der Waals surface area (Å²) in [5.74, 6) is 0. The molecule has 0 fully saturated rings. The highest BCUT2D eigenvalue weighted by atomic mass is 35.5. The van der Waals surface area contributed by atoms with E-state index in [2.05, 4.69) is 30.3 Å². The summed E-state index contributed by atoms with van der Waals surface area (Å²) >= 11 is 6.16. The summed E-state index contributed by atoms with van der Waals surface area (Å²) in [5.41, 5.74) is 5.60. The predicted octanol–water partition coefficient (Wildman–Crippen LogP) is 7.81.